The number of halogens is 2. The first-order valence-corrected chi connectivity index (χ1v) is 15.9. The summed E-state index contributed by atoms with van der Waals surface area (Å²) in [6.07, 6.45) is 5.67. The zero-order valence-corrected chi connectivity index (χ0v) is 25.0. The summed E-state index contributed by atoms with van der Waals surface area (Å²) in [6.45, 7) is -0.0201. The number of Topliss-reactive ketones (excluding diaryl/α,β-unsaturated/α-hetero) is 1. The molecule has 4 aliphatic rings. The van der Waals surface area contributed by atoms with Crippen molar-refractivity contribution in [3.05, 3.63) is 62.6 Å². The molecule has 0 radical (unpaired) electrons. The number of aromatic carboxylic acids is 1. The fourth-order valence-corrected chi connectivity index (χ4v) is 8.23. The summed E-state index contributed by atoms with van der Waals surface area (Å²) in [5.41, 5.74) is 9.51. The number of carboxylic acids is 1. The van der Waals surface area contributed by atoms with Crippen LogP contribution in [0.5, 0.6) is 0 Å². The van der Waals surface area contributed by atoms with E-state index in [0.717, 1.165) is 47.9 Å². The first-order chi connectivity index (χ1) is 20.2. The lowest BCUT2D eigenvalue weighted by atomic mass is 9.79. The molecule has 3 N–H and O–H groups in total. The average Bonchev–Trinajstić information content (AvgIpc) is 3.43. The molecule has 0 spiro atoms. The smallest absolute Gasteiger partial charge is 0.335 e. The fraction of sp³-hybridized carbons (Fsp3) is 0.419. The zero-order chi connectivity index (χ0) is 29.3. The Labute approximate surface area is 256 Å². The number of thiazole rings is 1. The van der Waals surface area contributed by atoms with Gasteiger partial charge in [-0.05, 0) is 74.3 Å². The molecule has 3 aliphatic carbocycles. The van der Waals surface area contributed by atoms with Gasteiger partial charge in [0.15, 0.2) is 10.9 Å². The van der Waals surface area contributed by atoms with Crippen LogP contribution in [0.1, 0.15) is 72.3 Å². The lowest BCUT2D eigenvalue weighted by Gasteiger charge is -2.30. The molecule has 2 bridgehead atoms. The van der Waals surface area contributed by atoms with Crippen molar-refractivity contribution in [2.24, 2.45) is 17.6 Å². The number of rotatable bonds is 9. The van der Waals surface area contributed by atoms with E-state index in [0.29, 0.717) is 45.1 Å². The molecule has 1 amide bonds. The summed E-state index contributed by atoms with van der Waals surface area (Å²) < 4.78 is 7.06. The molecule has 218 valence electrons. The molecule has 2 heterocycles. The number of nitrogens with zero attached hydrogens (tertiary/aromatic N) is 2. The van der Waals surface area contributed by atoms with Crippen molar-refractivity contribution >= 4 is 73.2 Å². The van der Waals surface area contributed by atoms with Crippen LogP contribution in [0.3, 0.4) is 0 Å². The molecule has 1 saturated heterocycles. The molecular formula is C31H29Cl2N3O5S. The van der Waals surface area contributed by atoms with Crippen LogP contribution < -0.4 is 10.6 Å². The standard InChI is InChI=1S/C31H29Cl2N3O5S/c32-21-5-2-6-22(33)25(21)26(34)20(28(37)15-7-8-15)13-41-23-12-17-11-19(23)29(38)36(17)31-35-27-18(14-3-1-4-14)9-16(30(39)40)10-24(27)42-31/h2,5-6,9-10,14-15,17,19,23H,1,3-4,7-8,11-13,34H2,(H,39,40)/t17-,19+,23+/m0/s1. The molecule has 42 heavy (non-hydrogen) atoms. The molecule has 3 atom stereocenters. The van der Waals surface area contributed by atoms with Crippen LogP contribution in [0.15, 0.2) is 35.9 Å². The molecule has 3 saturated carbocycles. The number of fused-ring (bicyclic) bond motifs is 3. The van der Waals surface area contributed by atoms with Crippen LogP contribution in [0.2, 0.25) is 10.0 Å². The maximum Gasteiger partial charge on any atom is 0.335 e. The Morgan fingerprint density at radius 3 is 2.48 bits per heavy atom. The van der Waals surface area contributed by atoms with Crippen LogP contribution in [0.25, 0.3) is 15.9 Å². The number of piperidine rings is 1. The van der Waals surface area contributed by atoms with Gasteiger partial charge in [0.1, 0.15) is 0 Å². The third-order valence-electron chi connectivity index (χ3n) is 9.15. The number of hydrogen-bond acceptors (Lipinski definition) is 7. The largest absolute Gasteiger partial charge is 0.478 e. The van der Waals surface area contributed by atoms with Crippen molar-refractivity contribution in [1.29, 1.82) is 0 Å². The van der Waals surface area contributed by atoms with E-state index >= 15 is 0 Å². The third kappa shape index (κ3) is 4.71. The average molecular weight is 627 g/mol. The minimum absolute atomic E-state index is 0.0201. The minimum Gasteiger partial charge on any atom is -0.478 e. The van der Waals surface area contributed by atoms with E-state index in [1.807, 2.05) is 0 Å². The minimum atomic E-state index is -0.963. The highest BCUT2D eigenvalue weighted by Gasteiger charge is 2.53. The van der Waals surface area contributed by atoms with E-state index in [-0.39, 0.29) is 53.5 Å². The molecule has 1 aliphatic heterocycles. The predicted molar refractivity (Wildman–Crippen MR) is 162 cm³/mol. The van der Waals surface area contributed by atoms with Gasteiger partial charge in [0.25, 0.3) is 0 Å². The quantitative estimate of drug-likeness (QED) is 0.263. The van der Waals surface area contributed by atoms with Gasteiger partial charge in [0, 0.05) is 23.1 Å². The number of amides is 1. The van der Waals surface area contributed by atoms with Crippen molar-refractivity contribution in [3.8, 4) is 0 Å². The summed E-state index contributed by atoms with van der Waals surface area (Å²) in [5, 5.41) is 11.0. The number of carboxylic acid groups (broad SMARTS) is 1. The second-order valence-electron chi connectivity index (χ2n) is 11.8. The van der Waals surface area contributed by atoms with Crippen LogP contribution in [0, 0.1) is 11.8 Å². The number of ketones is 1. The second-order valence-corrected chi connectivity index (χ2v) is 13.6. The van der Waals surface area contributed by atoms with Crippen molar-refractivity contribution in [2.45, 2.75) is 63.0 Å². The van der Waals surface area contributed by atoms with Crippen LogP contribution in [-0.2, 0) is 14.3 Å². The van der Waals surface area contributed by atoms with Crippen LogP contribution in [-0.4, -0.2) is 46.5 Å². The van der Waals surface area contributed by atoms with E-state index in [1.165, 1.54) is 11.3 Å². The van der Waals surface area contributed by atoms with Gasteiger partial charge in [0.2, 0.25) is 5.91 Å². The number of ether oxygens (including phenoxy) is 1. The highest BCUT2D eigenvalue weighted by Crippen LogP contribution is 2.47. The van der Waals surface area contributed by atoms with Crippen molar-refractivity contribution < 1.29 is 24.2 Å². The number of carbonyl (C=O) groups excluding carboxylic acids is 2. The van der Waals surface area contributed by atoms with Gasteiger partial charge in [-0.15, -0.1) is 0 Å². The predicted octanol–water partition coefficient (Wildman–Crippen LogP) is 6.43. The van der Waals surface area contributed by atoms with E-state index in [2.05, 4.69) is 0 Å². The van der Waals surface area contributed by atoms with Crippen LogP contribution >= 0.6 is 34.5 Å². The third-order valence-corrected chi connectivity index (χ3v) is 10.8. The first kappa shape index (κ1) is 27.8. The molecule has 2 aromatic carbocycles. The fourth-order valence-electron chi connectivity index (χ4n) is 6.51. The highest BCUT2D eigenvalue weighted by molar-refractivity contribution is 7.22. The molecule has 8 nitrogen and oxygen atoms in total. The summed E-state index contributed by atoms with van der Waals surface area (Å²) in [4.78, 5) is 45.3. The van der Waals surface area contributed by atoms with Gasteiger partial charge in [-0.2, -0.15) is 0 Å². The number of aromatic nitrogens is 1. The Bertz CT molecular complexity index is 1660. The van der Waals surface area contributed by atoms with Gasteiger partial charge in [-0.25, -0.2) is 9.78 Å². The van der Waals surface area contributed by atoms with Gasteiger partial charge in [0.05, 0.1) is 50.2 Å². The SMILES string of the molecule is NC(=C(CO[C@@H]1C[C@@H]2C[C@H]1C(=O)N2c1nc2c(C3CCC3)cc(C(=O)O)cc2s1)C(=O)C1CC1)c1c(Cl)cccc1Cl. The van der Waals surface area contributed by atoms with Crippen molar-refractivity contribution in [2.75, 3.05) is 11.5 Å². The van der Waals surface area contributed by atoms with Gasteiger partial charge < -0.3 is 15.6 Å². The van der Waals surface area contributed by atoms with Gasteiger partial charge in [-0.3, -0.25) is 14.5 Å². The second kappa shape index (κ2) is 10.6. The zero-order valence-electron chi connectivity index (χ0n) is 22.6. The maximum atomic E-state index is 13.6. The van der Waals surface area contributed by atoms with E-state index in [4.69, 9.17) is 38.7 Å². The molecule has 0 unspecified atom stereocenters. The van der Waals surface area contributed by atoms with Crippen molar-refractivity contribution in [1.82, 2.24) is 4.98 Å². The first-order valence-electron chi connectivity index (χ1n) is 14.3. The Morgan fingerprint density at radius 2 is 1.86 bits per heavy atom. The lowest BCUT2D eigenvalue weighted by Crippen LogP contribution is -2.43. The van der Waals surface area contributed by atoms with E-state index < -0.39 is 5.97 Å². The Morgan fingerprint density at radius 1 is 1.12 bits per heavy atom. The Balaban J connectivity index is 1.12. The van der Waals surface area contributed by atoms with E-state index in [9.17, 15) is 19.5 Å². The normalized spacial score (nSPS) is 24.3. The van der Waals surface area contributed by atoms with Gasteiger partial charge in [-0.1, -0.05) is 47.0 Å². The summed E-state index contributed by atoms with van der Waals surface area (Å²) in [6, 6.07) is 8.40. The highest BCUT2D eigenvalue weighted by atomic mass is 35.5. The number of anilines is 1. The summed E-state index contributed by atoms with van der Waals surface area (Å²) in [5.74, 6) is -1.21. The number of nitrogens with two attached hydrogens (primary N) is 1. The molecule has 4 fully saturated rings. The van der Waals surface area contributed by atoms with Crippen molar-refractivity contribution in [3.63, 3.8) is 0 Å². The monoisotopic (exact) mass is 625 g/mol. The number of carbonyl (C=O) groups is 3. The molecule has 1 aromatic heterocycles. The molecular weight excluding hydrogens is 597 g/mol. The van der Waals surface area contributed by atoms with Gasteiger partial charge >= 0.3 is 5.97 Å². The maximum absolute atomic E-state index is 13.6. The molecule has 7 rings (SSSR count). The number of benzene rings is 2. The van der Waals surface area contributed by atoms with Crippen LogP contribution in [0.4, 0.5) is 5.13 Å². The Kier molecular flexibility index (Phi) is 7.04. The summed E-state index contributed by atoms with van der Waals surface area (Å²) >= 11 is 14.2. The van der Waals surface area contributed by atoms with E-state index in [1.54, 1.807) is 35.2 Å². The summed E-state index contributed by atoms with van der Waals surface area (Å²) in [7, 11) is 0. The molecule has 11 heteroatoms. The Hall–Kier alpha value is -2.98. The topological polar surface area (TPSA) is 123 Å². The lowest BCUT2D eigenvalue weighted by molar-refractivity contribution is -0.126. The number of hydrogen-bond donors (Lipinski definition) is 2. The molecule has 3 aromatic rings.